The molecule has 2 heterocycles. The van der Waals surface area contributed by atoms with Gasteiger partial charge in [-0.05, 0) is 6.92 Å². The first-order valence-electron chi connectivity index (χ1n) is 4.83. The van der Waals surface area contributed by atoms with Crippen LogP contribution in [0.3, 0.4) is 0 Å². The molecule has 1 aromatic heterocycles. The maximum atomic E-state index is 5.56. The molecule has 2 N–H and O–H groups in total. The van der Waals surface area contributed by atoms with Gasteiger partial charge in [-0.25, -0.2) is 4.98 Å². The second-order valence-electron chi connectivity index (χ2n) is 3.37. The molecule has 1 aromatic rings. The lowest BCUT2D eigenvalue weighted by atomic mass is 10.3. The van der Waals surface area contributed by atoms with Gasteiger partial charge in [0.1, 0.15) is 0 Å². The fourth-order valence-corrected chi connectivity index (χ4v) is 2.09. The Labute approximate surface area is 87.7 Å². The molecule has 0 spiro atoms. The van der Waals surface area contributed by atoms with E-state index in [0.29, 0.717) is 0 Å². The van der Waals surface area contributed by atoms with Crippen molar-refractivity contribution >= 4 is 16.5 Å². The maximum absolute atomic E-state index is 5.56. The van der Waals surface area contributed by atoms with E-state index in [9.17, 15) is 0 Å². The summed E-state index contributed by atoms with van der Waals surface area (Å²) < 4.78 is 5.56. The van der Waals surface area contributed by atoms with Gasteiger partial charge < -0.3 is 15.4 Å². The number of rotatable bonds is 3. The highest BCUT2D eigenvalue weighted by Crippen LogP contribution is 2.14. The van der Waals surface area contributed by atoms with E-state index in [1.54, 1.807) is 11.3 Å². The van der Waals surface area contributed by atoms with Crippen molar-refractivity contribution in [1.29, 1.82) is 0 Å². The van der Waals surface area contributed by atoms with E-state index in [0.717, 1.165) is 37.1 Å². The molecule has 1 unspecified atom stereocenters. The minimum atomic E-state index is 0.271. The second kappa shape index (κ2) is 4.72. The molecule has 0 radical (unpaired) electrons. The topological polar surface area (TPSA) is 46.2 Å². The van der Waals surface area contributed by atoms with Gasteiger partial charge >= 0.3 is 0 Å². The Kier molecular flexibility index (Phi) is 3.34. The molecule has 0 aromatic carbocycles. The Morgan fingerprint density at radius 3 is 3.36 bits per heavy atom. The molecule has 0 bridgehead atoms. The van der Waals surface area contributed by atoms with Crippen molar-refractivity contribution in [1.82, 2.24) is 10.3 Å². The predicted octanol–water partition coefficient (Wildman–Crippen LogP) is 0.852. The van der Waals surface area contributed by atoms with E-state index < -0.39 is 0 Å². The first-order chi connectivity index (χ1) is 6.84. The normalized spacial score (nSPS) is 22.2. The smallest absolute Gasteiger partial charge is 0.182 e. The molecule has 4 nitrogen and oxygen atoms in total. The van der Waals surface area contributed by atoms with Crippen LogP contribution in [0.4, 0.5) is 5.13 Å². The summed E-state index contributed by atoms with van der Waals surface area (Å²) in [7, 11) is 0. The number of thiazole rings is 1. The SMILES string of the molecule is Cc1csc(NCC2CNCCO2)n1. The summed E-state index contributed by atoms with van der Waals surface area (Å²) in [5.74, 6) is 0. The molecule has 78 valence electrons. The number of aryl methyl sites for hydroxylation is 1. The van der Waals surface area contributed by atoms with Crippen LogP contribution in [0.25, 0.3) is 0 Å². The summed E-state index contributed by atoms with van der Waals surface area (Å²) in [5.41, 5.74) is 1.07. The average molecular weight is 213 g/mol. The van der Waals surface area contributed by atoms with Crippen LogP contribution in [0.5, 0.6) is 0 Å². The van der Waals surface area contributed by atoms with Crippen molar-refractivity contribution < 1.29 is 4.74 Å². The lowest BCUT2D eigenvalue weighted by molar-refractivity contribution is 0.0372. The molecular weight excluding hydrogens is 198 g/mol. The summed E-state index contributed by atoms with van der Waals surface area (Å²) in [4.78, 5) is 4.33. The minimum absolute atomic E-state index is 0.271. The standard InChI is InChI=1S/C9H15N3OS/c1-7-6-14-9(12-7)11-5-8-4-10-2-3-13-8/h6,8,10H,2-5H2,1H3,(H,11,12). The summed E-state index contributed by atoms with van der Waals surface area (Å²) in [6.45, 7) is 5.54. The van der Waals surface area contributed by atoms with Crippen LogP contribution < -0.4 is 10.6 Å². The van der Waals surface area contributed by atoms with Crippen LogP contribution in [0, 0.1) is 6.92 Å². The number of aromatic nitrogens is 1. The molecule has 1 saturated heterocycles. The van der Waals surface area contributed by atoms with E-state index >= 15 is 0 Å². The van der Waals surface area contributed by atoms with E-state index in [4.69, 9.17) is 4.74 Å². The molecule has 1 atom stereocenters. The van der Waals surface area contributed by atoms with Crippen molar-refractivity contribution in [2.24, 2.45) is 0 Å². The van der Waals surface area contributed by atoms with Crippen LogP contribution in [0.1, 0.15) is 5.69 Å². The van der Waals surface area contributed by atoms with Gasteiger partial charge in [-0.15, -0.1) is 11.3 Å². The summed E-state index contributed by atoms with van der Waals surface area (Å²) in [6, 6.07) is 0. The lowest BCUT2D eigenvalue weighted by Gasteiger charge is -2.23. The molecule has 5 heteroatoms. The van der Waals surface area contributed by atoms with E-state index in [1.807, 2.05) is 12.3 Å². The number of hydrogen-bond donors (Lipinski definition) is 2. The van der Waals surface area contributed by atoms with E-state index in [2.05, 4.69) is 15.6 Å². The number of ether oxygens (including phenoxy) is 1. The Morgan fingerprint density at radius 2 is 2.71 bits per heavy atom. The molecule has 1 fully saturated rings. The summed E-state index contributed by atoms with van der Waals surface area (Å²) in [6.07, 6.45) is 0.271. The molecule has 0 aliphatic carbocycles. The Bertz CT molecular complexity index is 283. The third-order valence-electron chi connectivity index (χ3n) is 2.10. The quantitative estimate of drug-likeness (QED) is 0.781. The number of morpholine rings is 1. The third kappa shape index (κ3) is 2.67. The first kappa shape index (κ1) is 9.89. The minimum Gasteiger partial charge on any atom is -0.374 e. The van der Waals surface area contributed by atoms with Gasteiger partial charge in [-0.2, -0.15) is 0 Å². The van der Waals surface area contributed by atoms with Crippen molar-refractivity contribution in [3.8, 4) is 0 Å². The lowest BCUT2D eigenvalue weighted by Crippen LogP contribution is -2.42. The highest BCUT2D eigenvalue weighted by molar-refractivity contribution is 7.13. The highest BCUT2D eigenvalue weighted by Gasteiger charge is 2.12. The maximum Gasteiger partial charge on any atom is 0.182 e. The van der Waals surface area contributed by atoms with E-state index in [1.165, 1.54) is 0 Å². The third-order valence-corrected chi connectivity index (χ3v) is 3.02. The number of anilines is 1. The van der Waals surface area contributed by atoms with Crippen molar-refractivity contribution in [2.75, 3.05) is 31.6 Å². The molecular formula is C9H15N3OS. The summed E-state index contributed by atoms with van der Waals surface area (Å²) >= 11 is 1.64. The van der Waals surface area contributed by atoms with Gasteiger partial charge in [0.15, 0.2) is 5.13 Å². The van der Waals surface area contributed by atoms with Crippen molar-refractivity contribution in [2.45, 2.75) is 13.0 Å². The van der Waals surface area contributed by atoms with Crippen LogP contribution in [0.2, 0.25) is 0 Å². The Balaban J connectivity index is 1.76. The molecule has 0 amide bonds. The van der Waals surface area contributed by atoms with Crippen molar-refractivity contribution in [3.05, 3.63) is 11.1 Å². The van der Waals surface area contributed by atoms with Crippen LogP contribution >= 0.6 is 11.3 Å². The van der Waals surface area contributed by atoms with Crippen molar-refractivity contribution in [3.63, 3.8) is 0 Å². The Hall–Kier alpha value is -0.650. The number of nitrogens with zero attached hydrogens (tertiary/aromatic N) is 1. The van der Waals surface area contributed by atoms with Crippen LogP contribution in [0.15, 0.2) is 5.38 Å². The highest BCUT2D eigenvalue weighted by atomic mass is 32.1. The Morgan fingerprint density at radius 1 is 1.79 bits per heavy atom. The predicted molar refractivity (Wildman–Crippen MR) is 58.0 cm³/mol. The second-order valence-corrected chi connectivity index (χ2v) is 4.23. The molecule has 14 heavy (non-hydrogen) atoms. The first-order valence-corrected chi connectivity index (χ1v) is 5.71. The number of hydrogen-bond acceptors (Lipinski definition) is 5. The van der Waals surface area contributed by atoms with Gasteiger partial charge in [0.25, 0.3) is 0 Å². The zero-order valence-electron chi connectivity index (χ0n) is 8.25. The molecule has 2 rings (SSSR count). The fourth-order valence-electron chi connectivity index (χ4n) is 1.39. The van der Waals surface area contributed by atoms with Gasteiger partial charge in [0.05, 0.1) is 18.4 Å². The fraction of sp³-hybridized carbons (Fsp3) is 0.667. The van der Waals surface area contributed by atoms with E-state index in [-0.39, 0.29) is 6.10 Å². The molecule has 1 aliphatic heterocycles. The zero-order valence-corrected chi connectivity index (χ0v) is 9.06. The van der Waals surface area contributed by atoms with Crippen LogP contribution in [-0.2, 0) is 4.74 Å². The van der Waals surface area contributed by atoms with Crippen LogP contribution in [-0.4, -0.2) is 37.3 Å². The van der Waals surface area contributed by atoms with Gasteiger partial charge in [-0.1, -0.05) is 0 Å². The molecule has 0 saturated carbocycles. The summed E-state index contributed by atoms with van der Waals surface area (Å²) in [5, 5.41) is 9.60. The largest absolute Gasteiger partial charge is 0.374 e. The zero-order chi connectivity index (χ0) is 9.80. The monoisotopic (exact) mass is 213 g/mol. The molecule has 1 aliphatic rings. The van der Waals surface area contributed by atoms with Gasteiger partial charge in [0.2, 0.25) is 0 Å². The number of nitrogens with one attached hydrogen (secondary N) is 2. The average Bonchev–Trinajstić information content (AvgIpc) is 2.63. The van der Waals surface area contributed by atoms with Gasteiger partial charge in [-0.3, -0.25) is 0 Å². The van der Waals surface area contributed by atoms with Gasteiger partial charge in [0, 0.05) is 25.0 Å².